The molecule has 1 atom stereocenters. The molecule has 0 aromatic heterocycles. The Balaban J connectivity index is 1.15. The van der Waals surface area contributed by atoms with E-state index in [0.29, 0.717) is 0 Å². The van der Waals surface area contributed by atoms with Crippen molar-refractivity contribution in [3.8, 4) is 44.9 Å². The Bertz CT molecular complexity index is 2480. The van der Waals surface area contributed by atoms with E-state index in [0.717, 1.165) is 22.6 Å². The van der Waals surface area contributed by atoms with Gasteiger partial charge in [0, 0.05) is 10.9 Å². The van der Waals surface area contributed by atoms with Crippen molar-refractivity contribution >= 4 is 21.5 Å². The van der Waals surface area contributed by atoms with E-state index in [-0.39, 0.29) is 0 Å². The van der Waals surface area contributed by atoms with E-state index in [2.05, 4.69) is 170 Å². The minimum absolute atomic E-state index is 0.433. The van der Waals surface area contributed by atoms with Gasteiger partial charge in [-0.2, -0.15) is 0 Å². The predicted octanol–water partition coefficient (Wildman–Crippen LogP) is 11.8. The van der Waals surface area contributed by atoms with Gasteiger partial charge in [-0.15, -0.1) is 0 Å². The Labute approximate surface area is 268 Å². The zero-order valence-electron chi connectivity index (χ0n) is 25.1. The van der Waals surface area contributed by atoms with Crippen molar-refractivity contribution in [2.75, 3.05) is 0 Å². The number of hydrogen-bond acceptors (Lipinski definition) is 1. The van der Waals surface area contributed by atoms with Crippen molar-refractivity contribution < 1.29 is 4.74 Å². The number of benzene rings is 8. The molecule has 46 heavy (non-hydrogen) atoms. The van der Waals surface area contributed by atoms with Gasteiger partial charge in [0.1, 0.15) is 11.5 Å². The third kappa shape index (κ3) is 3.40. The van der Waals surface area contributed by atoms with Crippen molar-refractivity contribution in [1.29, 1.82) is 0 Å². The summed E-state index contributed by atoms with van der Waals surface area (Å²) in [5.74, 6) is 1.82. The van der Waals surface area contributed by atoms with Gasteiger partial charge >= 0.3 is 0 Å². The van der Waals surface area contributed by atoms with Gasteiger partial charge in [0.2, 0.25) is 0 Å². The molecule has 0 radical (unpaired) electrons. The third-order valence-corrected chi connectivity index (χ3v) is 10.1. The lowest BCUT2D eigenvalue weighted by atomic mass is 9.67. The minimum atomic E-state index is -0.433. The summed E-state index contributed by atoms with van der Waals surface area (Å²) in [7, 11) is 0. The summed E-state index contributed by atoms with van der Waals surface area (Å²) in [5.41, 5.74) is 12.1. The Morgan fingerprint density at radius 3 is 1.98 bits per heavy atom. The van der Waals surface area contributed by atoms with Crippen LogP contribution in [0.3, 0.4) is 0 Å². The largest absolute Gasteiger partial charge is 0.456 e. The van der Waals surface area contributed by atoms with Crippen LogP contribution in [-0.4, -0.2) is 0 Å². The van der Waals surface area contributed by atoms with E-state index in [9.17, 15) is 0 Å². The highest BCUT2D eigenvalue weighted by molar-refractivity contribution is 6.05. The molecule has 0 N–H and O–H groups in total. The van der Waals surface area contributed by atoms with Gasteiger partial charge in [0.05, 0.1) is 5.41 Å². The number of ether oxygens (including phenoxy) is 1. The SMILES string of the molecule is c1ccc(C2(c3ccc(-c4ccc5c(c4)Oc4cccc6cccc-5c46)cc3)c3ccccc3-c3c2ccc2ccccc32)cc1. The fourth-order valence-corrected chi connectivity index (χ4v) is 8.18. The average Bonchev–Trinajstić information content (AvgIpc) is 3.44. The molecule has 10 rings (SSSR count). The normalized spacial score (nSPS) is 15.7. The first-order valence-corrected chi connectivity index (χ1v) is 15.9. The first kappa shape index (κ1) is 25.4. The highest BCUT2D eigenvalue weighted by atomic mass is 16.5. The predicted molar refractivity (Wildman–Crippen MR) is 190 cm³/mol. The molecule has 214 valence electrons. The van der Waals surface area contributed by atoms with Crippen LogP contribution in [0.2, 0.25) is 0 Å². The lowest BCUT2D eigenvalue weighted by Crippen LogP contribution is -2.28. The molecule has 1 nitrogen and oxygen atoms in total. The molecule has 0 saturated heterocycles. The van der Waals surface area contributed by atoms with Crippen molar-refractivity contribution in [1.82, 2.24) is 0 Å². The molecule has 0 amide bonds. The molecule has 1 heterocycles. The van der Waals surface area contributed by atoms with Gasteiger partial charge < -0.3 is 4.74 Å². The molecule has 1 aliphatic carbocycles. The highest BCUT2D eigenvalue weighted by Gasteiger charge is 2.46. The summed E-state index contributed by atoms with van der Waals surface area (Å²) in [4.78, 5) is 0. The molecule has 1 unspecified atom stereocenters. The third-order valence-electron chi connectivity index (χ3n) is 10.1. The number of hydrogen-bond donors (Lipinski definition) is 0. The summed E-state index contributed by atoms with van der Waals surface area (Å²) < 4.78 is 6.50. The molecule has 2 aliphatic rings. The molecular formula is C45H28O. The quantitative estimate of drug-likeness (QED) is 0.201. The standard InChI is InChI=1S/C45H28O/c1-2-13-33(14-3-1)45(39-18-7-6-16-38(39)44-35-15-5-4-10-30(35)23-27-40(44)45)34-24-20-29(21-25-34)32-22-26-36-37-17-8-11-31-12-9-19-41(43(31)37)46-42(36)28-32/h1-28H. The van der Waals surface area contributed by atoms with Crippen LogP contribution >= 0.6 is 0 Å². The van der Waals surface area contributed by atoms with Crippen LogP contribution in [0, 0.1) is 0 Å². The van der Waals surface area contributed by atoms with E-state index >= 15 is 0 Å². The molecule has 0 fully saturated rings. The maximum absolute atomic E-state index is 6.50. The molecule has 8 aromatic rings. The smallest absolute Gasteiger partial charge is 0.135 e. The Morgan fingerprint density at radius 1 is 0.391 bits per heavy atom. The van der Waals surface area contributed by atoms with Crippen LogP contribution in [0.1, 0.15) is 22.3 Å². The summed E-state index contributed by atoms with van der Waals surface area (Å²) in [6.07, 6.45) is 0. The lowest BCUT2D eigenvalue weighted by molar-refractivity contribution is 0.487. The molecule has 1 aliphatic heterocycles. The number of rotatable bonds is 3. The van der Waals surface area contributed by atoms with Gasteiger partial charge in [-0.3, -0.25) is 0 Å². The van der Waals surface area contributed by atoms with E-state index in [1.54, 1.807) is 0 Å². The van der Waals surface area contributed by atoms with Gasteiger partial charge in [0.25, 0.3) is 0 Å². The van der Waals surface area contributed by atoms with Crippen LogP contribution in [-0.2, 0) is 5.41 Å². The monoisotopic (exact) mass is 584 g/mol. The van der Waals surface area contributed by atoms with E-state index < -0.39 is 5.41 Å². The number of fused-ring (bicyclic) bond motifs is 7. The molecule has 8 aromatic carbocycles. The van der Waals surface area contributed by atoms with E-state index in [1.165, 1.54) is 66.1 Å². The zero-order valence-corrected chi connectivity index (χ0v) is 25.1. The Hall–Kier alpha value is -5.92. The van der Waals surface area contributed by atoms with Crippen molar-refractivity contribution in [3.05, 3.63) is 192 Å². The van der Waals surface area contributed by atoms with Gasteiger partial charge in [0.15, 0.2) is 0 Å². The Morgan fingerprint density at radius 2 is 1.09 bits per heavy atom. The van der Waals surface area contributed by atoms with Crippen LogP contribution in [0.5, 0.6) is 11.5 Å². The van der Waals surface area contributed by atoms with Crippen LogP contribution < -0.4 is 4.74 Å². The summed E-state index contributed by atoms with van der Waals surface area (Å²) >= 11 is 0. The zero-order chi connectivity index (χ0) is 30.2. The van der Waals surface area contributed by atoms with Crippen LogP contribution in [0.4, 0.5) is 0 Å². The second-order valence-corrected chi connectivity index (χ2v) is 12.4. The van der Waals surface area contributed by atoms with Gasteiger partial charge in [-0.1, -0.05) is 152 Å². The first-order chi connectivity index (χ1) is 22.8. The maximum atomic E-state index is 6.50. The minimum Gasteiger partial charge on any atom is -0.456 e. The van der Waals surface area contributed by atoms with Gasteiger partial charge in [-0.25, -0.2) is 0 Å². The summed E-state index contributed by atoms with van der Waals surface area (Å²) in [5, 5.41) is 4.96. The lowest BCUT2D eigenvalue weighted by Gasteiger charge is -2.34. The average molecular weight is 585 g/mol. The van der Waals surface area contributed by atoms with Crippen LogP contribution in [0.15, 0.2) is 170 Å². The molecular weight excluding hydrogens is 556 g/mol. The Kier molecular flexibility index (Phi) is 5.27. The summed E-state index contributed by atoms with van der Waals surface area (Å²) in [6.45, 7) is 0. The molecule has 0 bridgehead atoms. The van der Waals surface area contributed by atoms with Crippen LogP contribution in [0.25, 0.3) is 54.9 Å². The highest BCUT2D eigenvalue weighted by Crippen LogP contribution is 2.58. The first-order valence-electron chi connectivity index (χ1n) is 15.9. The fraction of sp³-hybridized carbons (Fsp3) is 0.0222. The second-order valence-electron chi connectivity index (χ2n) is 12.4. The summed E-state index contributed by atoms with van der Waals surface area (Å²) in [6, 6.07) is 62.0. The van der Waals surface area contributed by atoms with E-state index in [4.69, 9.17) is 4.74 Å². The van der Waals surface area contributed by atoms with Gasteiger partial charge in [-0.05, 0) is 84.4 Å². The maximum Gasteiger partial charge on any atom is 0.135 e. The fourth-order valence-electron chi connectivity index (χ4n) is 8.18. The molecule has 1 heteroatoms. The van der Waals surface area contributed by atoms with Crippen molar-refractivity contribution in [2.24, 2.45) is 0 Å². The van der Waals surface area contributed by atoms with E-state index in [1.807, 2.05) is 0 Å². The molecule has 0 spiro atoms. The van der Waals surface area contributed by atoms with Crippen molar-refractivity contribution in [3.63, 3.8) is 0 Å². The molecule has 0 saturated carbocycles. The second kappa shape index (κ2) is 9.54. The topological polar surface area (TPSA) is 9.23 Å². The van der Waals surface area contributed by atoms with Crippen molar-refractivity contribution in [2.45, 2.75) is 5.41 Å².